The highest BCUT2D eigenvalue weighted by molar-refractivity contribution is 5.94. The minimum atomic E-state index is -0.421. The van der Waals surface area contributed by atoms with Gasteiger partial charge in [-0.2, -0.15) is 0 Å². The zero-order chi connectivity index (χ0) is 13.8. The van der Waals surface area contributed by atoms with E-state index in [1.54, 1.807) is 29.4 Å². The van der Waals surface area contributed by atoms with Crippen LogP contribution in [0.15, 0.2) is 24.5 Å². The maximum atomic E-state index is 12.2. The molecular weight excluding hydrogens is 244 g/mol. The molecule has 1 aromatic heterocycles. The lowest BCUT2D eigenvalue weighted by atomic mass is 10.00. The van der Waals surface area contributed by atoms with Crippen molar-refractivity contribution in [1.82, 2.24) is 15.2 Å². The second-order valence-electron chi connectivity index (χ2n) is 4.84. The summed E-state index contributed by atoms with van der Waals surface area (Å²) in [4.78, 5) is 29.6. The highest BCUT2D eigenvalue weighted by atomic mass is 16.2. The standard InChI is InChI=1S/C13H18N4O2/c1-9(2)11-12(18)15-7-8-17(11)13(19)16-10-3-5-14-6-4-10/h3-6,9,11H,7-8H2,1-2H3,(H,15,18)(H,14,16,19). The Labute approximate surface area is 112 Å². The number of hydrogen-bond donors (Lipinski definition) is 2. The summed E-state index contributed by atoms with van der Waals surface area (Å²) in [7, 11) is 0. The van der Waals surface area contributed by atoms with Gasteiger partial charge in [0.25, 0.3) is 0 Å². The molecule has 102 valence electrons. The molecule has 1 aliphatic rings. The first-order valence-electron chi connectivity index (χ1n) is 6.35. The Kier molecular flexibility index (Phi) is 3.99. The largest absolute Gasteiger partial charge is 0.353 e. The molecule has 2 N–H and O–H groups in total. The van der Waals surface area contributed by atoms with Crippen LogP contribution in [0.2, 0.25) is 0 Å². The summed E-state index contributed by atoms with van der Waals surface area (Å²) >= 11 is 0. The van der Waals surface area contributed by atoms with E-state index in [9.17, 15) is 9.59 Å². The average molecular weight is 262 g/mol. The van der Waals surface area contributed by atoms with Gasteiger partial charge in [0.2, 0.25) is 5.91 Å². The predicted molar refractivity (Wildman–Crippen MR) is 71.6 cm³/mol. The quantitative estimate of drug-likeness (QED) is 0.837. The minimum absolute atomic E-state index is 0.0727. The van der Waals surface area contributed by atoms with Crippen LogP contribution >= 0.6 is 0 Å². The molecule has 0 bridgehead atoms. The van der Waals surface area contributed by atoms with Gasteiger partial charge < -0.3 is 15.5 Å². The Morgan fingerprint density at radius 2 is 2.16 bits per heavy atom. The highest BCUT2D eigenvalue weighted by Gasteiger charge is 2.35. The first-order chi connectivity index (χ1) is 9.09. The number of nitrogens with one attached hydrogen (secondary N) is 2. The summed E-state index contributed by atoms with van der Waals surface area (Å²) in [6.07, 6.45) is 3.22. The number of rotatable bonds is 2. The third-order valence-electron chi connectivity index (χ3n) is 3.08. The number of aromatic nitrogens is 1. The van der Waals surface area contributed by atoms with Crippen LogP contribution in [-0.4, -0.2) is 41.0 Å². The van der Waals surface area contributed by atoms with Crippen molar-refractivity contribution >= 4 is 17.6 Å². The summed E-state index contributed by atoms with van der Waals surface area (Å²) in [5.74, 6) is -0.0189. The van der Waals surface area contributed by atoms with Crippen molar-refractivity contribution in [3.05, 3.63) is 24.5 Å². The van der Waals surface area contributed by atoms with E-state index in [2.05, 4.69) is 15.6 Å². The third-order valence-corrected chi connectivity index (χ3v) is 3.08. The van der Waals surface area contributed by atoms with Gasteiger partial charge in [0.1, 0.15) is 6.04 Å². The molecule has 1 atom stereocenters. The van der Waals surface area contributed by atoms with Crippen molar-refractivity contribution in [3.8, 4) is 0 Å². The maximum Gasteiger partial charge on any atom is 0.322 e. The number of hydrogen-bond acceptors (Lipinski definition) is 3. The zero-order valence-electron chi connectivity index (χ0n) is 11.1. The van der Waals surface area contributed by atoms with Gasteiger partial charge in [0, 0.05) is 31.2 Å². The van der Waals surface area contributed by atoms with Gasteiger partial charge >= 0.3 is 6.03 Å². The van der Waals surface area contributed by atoms with Crippen molar-refractivity contribution in [2.75, 3.05) is 18.4 Å². The third kappa shape index (κ3) is 3.01. The van der Waals surface area contributed by atoms with Crippen LogP contribution in [-0.2, 0) is 4.79 Å². The molecule has 1 aliphatic heterocycles. The fourth-order valence-electron chi connectivity index (χ4n) is 2.21. The molecule has 0 aromatic carbocycles. The molecule has 1 fully saturated rings. The summed E-state index contributed by atoms with van der Waals surface area (Å²) in [5, 5.41) is 5.58. The lowest BCUT2D eigenvalue weighted by molar-refractivity contribution is -0.129. The molecule has 1 unspecified atom stereocenters. The number of carbonyl (C=O) groups is 2. The fourth-order valence-corrected chi connectivity index (χ4v) is 2.21. The van der Waals surface area contributed by atoms with Gasteiger partial charge in [-0.25, -0.2) is 4.79 Å². The molecule has 0 spiro atoms. The molecule has 1 aromatic rings. The molecule has 19 heavy (non-hydrogen) atoms. The molecule has 0 radical (unpaired) electrons. The lowest BCUT2D eigenvalue weighted by Crippen LogP contribution is -2.60. The number of piperazine rings is 1. The summed E-state index contributed by atoms with van der Waals surface area (Å²) in [6, 6.07) is 2.76. The normalized spacial score (nSPS) is 19.2. The monoisotopic (exact) mass is 262 g/mol. The zero-order valence-corrected chi connectivity index (χ0v) is 11.1. The van der Waals surface area contributed by atoms with E-state index in [0.717, 1.165) is 0 Å². The fraction of sp³-hybridized carbons (Fsp3) is 0.462. The van der Waals surface area contributed by atoms with Crippen LogP contribution in [0, 0.1) is 5.92 Å². The van der Waals surface area contributed by atoms with Crippen molar-refractivity contribution in [2.24, 2.45) is 5.92 Å². The van der Waals surface area contributed by atoms with E-state index >= 15 is 0 Å². The Bertz CT molecular complexity index is 461. The van der Waals surface area contributed by atoms with Crippen LogP contribution < -0.4 is 10.6 Å². The second kappa shape index (κ2) is 5.69. The van der Waals surface area contributed by atoms with Crippen LogP contribution in [0.3, 0.4) is 0 Å². The SMILES string of the molecule is CC(C)C1C(=O)NCCN1C(=O)Nc1ccncc1. The Hall–Kier alpha value is -2.11. The molecule has 3 amide bonds. The van der Waals surface area contributed by atoms with Crippen LogP contribution in [0.25, 0.3) is 0 Å². The second-order valence-corrected chi connectivity index (χ2v) is 4.84. The summed E-state index contributed by atoms with van der Waals surface area (Å²) in [6.45, 7) is 4.88. The van der Waals surface area contributed by atoms with Crippen molar-refractivity contribution < 1.29 is 9.59 Å². The van der Waals surface area contributed by atoms with Gasteiger partial charge in [0.15, 0.2) is 0 Å². The number of carbonyl (C=O) groups excluding carboxylic acids is 2. The van der Waals surface area contributed by atoms with Crippen molar-refractivity contribution in [3.63, 3.8) is 0 Å². The molecular formula is C13H18N4O2. The Morgan fingerprint density at radius 3 is 2.79 bits per heavy atom. The van der Waals surface area contributed by atoms with Gasteiger partial charge in [-0.05, 0) is 18.1 Å². The van der Waals surface area contributed by atoms with E-state index in [0.29, 0.717) is 18.8 Å². The highest BCUT2D eigenvalue weighted by Crippen LogP contribution is 2.16. The average Bonchev–Trinajstić information content (AvgIpc) is 2.39. The summed E-state index contributed by atoms with van der Waals surface area (Å²) < 4.78 is 0. The smallest absolute Gasteiger partial charge is 0.322 e. The van der Waals surface area contributed by atoms with E-state index in [-0.39, 0.29) is 17.9 Å². The number of anilines is 1. The van der Waals surface area contributed by atoms with Crippen molar-refractivity contribution in [2.45, 2.75) is 19.9 Å². The van der Waals surface area contributed by atoms with Gasteiger partial charge in [0.05, 0.1) is 0 Å². The number of urea groups is 1. The Balaban J connectivity index is 2.10. The van der Waals surface area contributed by atoms with E-state index < -0.39 is 6.04 Å². The number of amides is 3. The molecule has 1 saturated heterocycles. The maximum absolute atomic E-state index is 12.2. The first-order valence-corrected chi connectivity index (χ1v) is 6.35. The van der Waals surface area contributed by atoms with Crippen LogP contribution in [0.5, 0.6) is 0 Å². The molecule has 2 rings (SSSR count). The predicted octanol–water partition coefficient (Wildman–Crippen LogP) is 1.07. The molecule has 0 saturated carbocycles. The molecule has 6 heteroatoms. The molecule has 6 nitrogen and oxygen atoms in total. The first kappa shape index (κ1) is 13.3. The lowest BCUT2D eigenvalue weighted by Gasteiger charge is -2.37. The molecule has 0 aliphatic carbocycles. The van der Waals surface area contributed by atoms with E-state index in [4.69, 9.17) is 0 Å². The topological polar surface area (TPSA) is 74.3 Å². The van der Waals surface area contributed by atoms with E-state index in [1.807, 2.05) is 13.8 Å². The van der Waals surface area contributed by atoms with Crippen LogP contribution in [0.4, 0.5) is 10.5 Å². The van der Waals surface area contributed by atoms with Gasteiger partial charge in [-0.15, -0.1) is 0 Å². The van der Waals surface area contributed by atoms with Crippen LogP contribution in [0.1, 0.15) is 13.8 Å². The van der Waals surface area contributed by atoms with Gasteiger partial charge in [-0.1, -0.05) is 13.8 Å². The molecule has 2 heterocycles. The Morgan fingerprint density at radius 1 is 1.47 bits per heavy atom. The van der Waals surface area contributed by atoms with Gasteiger partial charge in [-0.3, -0.25) is 9.78 Å². The van der Waals surface area contributed by atoms with Crippen molar-refractivity contribution in [1.29, 1.82) is 0 Å². The van der Waals surface area contributed by atoms with E-state index in [1.165, 1.54) is 0 Å². The number of pyridine rings is 1. The minimum Gasteiger partial charge on any atom is -0.353 e. The number of nitrogens with zero attached hydrogens (tertiary/aromatic N) is 2. The summed E-state index contributed by atoms with van der Waals surface area (Å²) in [5.41, 5.74) is 0.675.